The molecule has 0 saturated heterocycles. The van der Waals surface area contributed by atoms with Crippen molar-refractivity contribution in [1.29, 1.82) is 0 Å². The third-order valence-electron chi connectivity index (χ3n) is 4.59. The molecule has 0 radical (unpaired) electrons. The van der Waals surface area contributed by atoms with E-state index in [1.165, 1.54) is 4.88 Å². The molecule has 0 unspecified atom stereocenters. The van der Waals surface area contributed by atoms with Gasteiger partial charge in [-0.2, -0.15) is 0 Å². The number of thiazole rings is 1. The summed E-state index contributed by atoms with van der Waals surface area (Å²) < 4.78 is 5.34. The quantitative estimate of drug-likeness (QED) is 0.292. The van der Waals surface area contributed by atoms with Crippen molar-refractivity contribution in [3.05, 3.63) is 16.1 Å². The Balaban J connectivity index is 0.00000420. The van der Waals surface area contributed by atoms with E-state index in [4.69, 9.17) is 4.74 Å². The van der Waals surface area contributed by atoms with Crippen LogP contribution in [-0.4, -0.2) is 48.3 Å². The van der Waals surface area contributed by atoms with E-state index in [1.54, 1.807) is 18.4 Å². The van der Waals surface area contributed by atoms with Crippen molar-refractivity contribution in [2.45, 2.75) is 83.9 Å². The van der Waals surface area contributed by atoms with Crippen LogP contribution < -0.4 is 16.0 Å². The largest absolute Gasteiger partial charge is 0.444 e. The maximum atomic E-state index is 11.9. The Morgan fingerprint density at radius 3 is 2.38 bits per heavy atom. The van der Waals surface area contributed by atoms with E-state index in [0.29, 0.717) is 6.04 Å². The van der Waals surface area contributed by atoms with Gasteiger partial charge in [-0.05, 0) is 52.9 Å². The molecule has 1 fully saturated rings. The molecule has 1 heterocycles. The van der Waals surface area contributed by atoms with Crippen LogP contribution in [0.25, 0.3) is 0 Å². The van der Waals surface area contributed by atoms with E-state index in [2.05, 4.69) is 32.9 Å². The Morgan fingerprint density at radius 2 is 1.86 bits per heavy atom. The number of nitrogens with zero attached hydrogens (tertiary/aromatic N) is 2. The Morgan fingerprint density at radius 1 is 1.24 bits per heavy atom. The Bertz CT molecular complexity index is 652. The number of carbonyl (C=O) groups excluding carboxylic acids is 1. The maximum absolute atomic E-state index is 11.9. The van der Waals surface area contributed by atoms with Crippen LogP contribution in [0, 0.1) is 0 Å². The zero-order valence-corrected chi connectivity index (χ0v) is 21.4. The summed E-state index contributed by atoms with van der Waals surface area (Å²) in [5.41, 5.74) is -0.461. The zero-order chi connectivity index (χ0) is 20.6. The smallest absolute Gasteiger partial charge is 0.407 e. The molecule has 0 aromatic carbocycles. The lowest BCUT2D eigenvalue weighted by Gasteiger charge is -2.31. The Kier molecular flexibility index (Phi) is 11.2. The van der Waals surface area contributed by atoms with Crippen LogP contribution in [0.3, 0.4) is 0 Å². The molecule has 1 aromatic rings. The van der Waals surface area contributed by atoms with Crippen LogP contribution in [0.15, 0.2) is 11.2 Å². The fourth-order valence-corrected chi connectivity index (χ4v) is 4.02. The number of rotatable bonds is 6. The highest BCUT2D eigenvalue weighted by molar-refractivity contribution is 14.0. The molecule has 9 heteroatoms. The van der Waals surface area contributed by atoms with Gasteiger partial charge in [-0.3, -0.25) is 4.99 Å². The third kappa shape index (κ3) is 9.97. The molecule has 166 valence electrons. The molecule has 29 heavy (non-hydrogen) atoms. The van der Waals surface area contributed by atoms with Crippen LogP contribution in [0.2, 0.25) is 0 Å². The number of amides is 1. The minimum atomic E-state index is -0.461. The number of guanidine groups is 1. The summed E-state index contributed by atoms with van der Waals surface area (Å²) in [5, 5.41) is 11.0. The Labute approximate surface area is 195 Å². The summed E-state index contributed by atoms with van der Waals surface area (Å²) in [6.07, 6.45) is 7.45. The predicted molar refractivity (Wildman–Crippen MR) is 131 cm³/mol. The fraction of sp³-hybridized carbons (Fsp3) is 0.750. The van der Waals surface area contributed by atoms with E-state index in [-0.39, 0.29) is 36.1 Å². The van der Waals surface area contributed by atoms with Crippen molar-refractivity contribution in [2.75, 3.05) is 13.6 Å². The molecule has 1 amide bonds. The summed E-state index contributed by atoms with van der Waals surface area (Å²) in [7, 11) is 1.80. The van der Waals surface area contributed by atoms with Gasteiger partial charge in [-0.25, -0.2) is 9.78 Å². The summed E-state index contributed by atoms with van der Waals surface area (Å²) in [6, 6.07) is 0.551. The molecule has 0 aliphatic heterocycles. The molecule has 1 aliphatic carbocycles. The number of ether oxygens (including phenoxy) is 1. The first kappa shape index (κ1) is 25.9. The van der Waals surface area contributed by atoms with Gasteiger partial charge in [0.1, 0.15) is 5.60 Å². The van der Waals surface area contributed by atoms with Crippen LogP contribution in [0.5, 0.6) is 0 Å². The van der Waals surface area contributed by atoms with Gasteiger partial charge in [0, 0.05) is 43.2 Å². The number of hydrogen-bond donors (Lipinski definition) is 3. The normalized spacial score (nSPS) is 19.8. The molecule has 1 saturated carbocycles. The summed E-state index contributed by atoms with van der Waals surface area (Å²) in [6.45, 7) is 8.60. The lowest BCUT2D eigenvalue weighted by Crippen LogP contribution is -2.48. The van der Waals surface area contributed by atoms with Crippen LogP contribution in [-0.2, 0) is 17.6 Å². The molecule has 3 N–H and O–H groups in total. The van der Waals surface area contributed by atoms with Gasteiger partial charge in [-0.1, -0.05) is 6.92 Å². The van der Waals surface area contributed by atoms with E-state index >= 15 is 0 Å². The average molecular weight is 538 g/mol. The van der Waals surface area contributed by atoms with Crippen molar-refractivity contribution in [1.82, 2.24) is 20.9 Å². The summed E-state index contributed by atoms with van der Waals surface area (Å²) in [4.78, 5) is 22.0. The molecule has 1 aliphatic rings. The molecule has 2 rings (SSSR count). The second-order valence-electron chi connectivity index (χ2n) is 8.16. The van der Waals surface area contributed by atoms with E-state index in [9.17, 15) is 4.79 Å². The molecule has 7 nitrogen and oxygen atoms in total. The van der Waals surface area contributed by atoms with Gasteiger partial charge in [0.25, 0.3) is 0 Å². The maximum Gasteiger partial charge on any atom is 0.407 e. The third-order valence-corrected chi connectivity index (χ3v) is 5.80. The van der Waals surface area contributed by atoms with Crippen molar-refractivity contribution >= 4 is 47.4 Å². The topological polar surface area (TPSA) is 87.6 Å². The van der Waals surface area contributed by atoms with Crippen LogP contribution >= 0.6 is 35.3 Å². The number of halogens is 1. The molecule has 0 spiro atoms. The second kappa shape index (κ2) is 12.6. The van der Waals surface area contributed by atoms with Gasteiger partial charge in [-0.15, -0.1) is 35.3 Å². The average Bonchev–Trinajstić information content (AvgIpc) is 3.08. The van der Waals surface area contributed by atoms with Gasteiger partial charge in [0.05, 0.1) is 5.01 Å². The number of aliphatic imine (C=N–C) groups is 1. The first-order valence-electron chi connectivity index (χ1n) is 10.2. The first-order valence-corrected chi connectivity index (χ1v) is 11.0. The molecule has 0 bridgehead atoms. The number of aryl methyl sites for hydroxylation is 1. The monoisotopic (exact) mass is 537 g/mol. The summed E-state index contributed by atoms with van der Waals surface area (Å²) in [5.74, 6) is 0.829. The predicted octanol–water partition coefficient (Wildman–Crippen LogP) is 3.87. The first-order chi connectivity index (χ1) is 13.3. The van der Waals surface area contributed by atoms with E-state index in [1.807, 2.05) is 27.0 Å². The molecule has 0 atom stereocenters. The number of nitrogens with one attached hydrogen (secondary N) is 3. The van der Waals surface area contributed by atoms with Crippen LogP contribution in [0.1, 0.15) is 63.3 Å². The molecule has 1 aromatic heterocycles. The van der Waals surface area contributed by atoms with Gasteiger partial charge >= 0.3 is 6.09 Å². The minimum absolute atomic E-state index is 0. The second-order valence-corrected chi connectivity index (χ2v) is 9.36. The highest BCUT2D eigenvalue weighted by atomic mass is 127. The number of hydrogen-bond acceptors (Lipinski definition) is 5. The summed E-state index contributed by atoms with van der Waals surface area (Å²) >= 11 is 1.78. The van der Waals surface area contributed by atoms with Gasteiger partial charge in [0.2, 0.25) is 0 Å². The van der Waals surface area contributed by atoms with Crippen molar-refractivity contribution in [2.24, 2.45) is 4.99 Å². The van der Waals surface area contributed by atoms with Crippen molar-refractivity contribution < 1.29 is 9.53 Å². The number of alkyl carbamates (subject to hydrolysis) is 1. The van der Waals surface area contributed by atoms with E-state index in [0.717, 1.165) is 56.0 Å². The highest BCUT2D eigenvalue weighted by Crippen LogP contribution is 2.19. The highest BCUT2D eigenvalue weighted by Gasteiger charge is 2.25. The molecular weight excluding hydrogens is 501 g/mol. The number of aromatic nitrogens is 1. The fourth-order valence-electron chi connectivity index (χ4n) is 3.16. The zero-order valence-electron chi connectivity index (χ0n) is 18.2. The van der Waals surface area contributed by atoms with Gasteiger partial charge < -0.3 is 20.7 Å². The van der Waals surface area contributed by atoms with Crippen molar-refractivity contribution in [3.8, 4) is 0 Å². The standard InChI is InChI=1S/C20H35N5O2S.HI/c1-6-16-13-23-17(28-16)11-12-22-18(21-5)24-14-7-9-15(10-8-14)25-19(26)27-20(2,3)4;/h13-15H,6-12H2,1-5H3,(H,25,26)(H2,21,22,24);1H. The van der Waals surface area contributed by atoms with Gasteiger partial charge in [0.15, 0.2) is 5.96 Å². The van der Waals surface area contributed by atoms with Crippen molar-refractivity contribution in [3.63, 3.8) is 0 Å². The van der Waals surface area contributed by atoms with Crippen LogP contribution in [0.4, 0.5) is 4.79 Å². The van der Waals surface area contributed by atoms with E-state index < -0.39 is 5.60 Å². The SMILES string of the molecule is CCc1cnc(CCNC(=NC)NC2CCC(NC(=O)OC(C)(C)C)CC2)s1.I. The number of carbonyl (C=O) groups is 1. The lowest BCUT2D eigenvalue weighted by atomic mass is 9.91. The minimum Gasteiger partial charge on any atom is -0.444 e. The Hall–Kier alpha value is -1.10. The molecular formula is C20H36IN5O2S. The lowest BCUT2D eigenvalue weighted by molar-refractivity contribution is 0.0490.